The Labute approximate surface area is 172 Å². The highest BCUT2D eigenvalue weighted by Gasteiger charge is 2.33. The number of anilines is 3. The van der Waals surface area contributed by atoms with Crippen LogP contribution in [0, 0.1) is 11.3 Å². The Kier molecular flexibility index (Phi) is 4.71. The van der Waals surface area contributed by atoms with Crippen molar-refractivity contribution in [1.82, 2.24) is 19.9 Å². The molecule has 9 heteroatoms. The van der Waals surface area contributed by atoms with E-state index in [9.17, 15) is 0 Å². The second-order valence-corrected chi connectivity index (χ2v) is 7.93. The lowest BCUT2D eigenvalue weighted by molar-refractivity contribution is 0.158. The van der Waals surface area contributed by atoms with E-state index in [1.54, 1.807) is 23.6 Å². The minimum absolute atomic E-state index is 0.278. The van der Waals surface area contributed by atoms with Gasteiger partial charge >= 0.3 is 0 Å². The van der Waals surface area contributed by atoms with Crippen LogP contribution in [0.1, 0.15) is 11.3 Å². The summed E-state index contributed by atoms with van der Waals surface area (Å²) in [5.41, 5.74) is 2.59. The molecule has 0 bridgehead atoms. The van der Waals surface area contributed by atoms with Gasteiger partial charge in [-0.25, -0.2) is 15.0 Å². The topological polar surface area (TPSA) is 90.2 Å². The Morgan fingerprint density at radius 2 is 2.21 bits per heavy atom. The molecule has 0 radical (unpaired) electrons. The van der Waals surface area contributed by atoms with Crippen LogP contribution in [0.4, 0.5) is 16.6 Å². The van der Waals surface area contributed by atoms with Gasteiger partial charge in [0.1, 0.15) is 29.9 Å². The van der Waals surface area contributed by atoms with Gasteiger partial charge in [-0.15, -0.1) is 11.3 Å². The van der Waals surface area contributed by atoms with E-state index in [2.05, 4.69) is 48.3 Å². The van der Waals surface area contributed by atoms with Crippen LogP contribution in [0.3, 0.4) is 0 Å². The summed E-state index contributed by atoms with van der Waals surface area (Å²) in [5, 5.41) is 15.1. The summed E-state index contributed by atoms with van der Waals surface area (Å²) in [6.07, 6.45) is 3.61. The fourth-order valence-electron chi connectivity index (χ4n) is 3.81. The predicted octanol–water partition coefficient (Wildman–Crippen LogP) is 2.63. The maximum atomic E-state index is 9.04. The van der Waals surface area contributed by atoms with Crippen molar-refractivity contribution in [1.29, 1.82) is 5.26 Å². The molecule has 5 rings (SSSR count). The number of thiazole rings is 1. The van der Waals surface area contributed by atoms with Gasteiger partial charge in [-0.2, -0.15) is 5.26 Å². The highest BCUT2D eigenvalue weighted by Crippen LogP contribution is 2.34. The van der Waals surface area contributed by atoms with Gasteiger partial charge in [0.05, 0.1) is 6.04 Å². The minimum atomic E-state index is 0.278. The van der Waals surface area contributed by atoms with Crippen molar-refractivity contribution < 1.29 is 4.74 Å². The average molecular weight is 405 g/mol. The lowest BCUT2D eigenvalue weighted by Crippen LogP contribution is -2.57. The number of aromatic nitrogens is 3. The molecule has 0 spiro atoms. The molecule has 1 atom stereocenters. The van der Waals surface area contributed by atoms with Crippen molar-refractivity contribution in [2.45, 2.75) is 12.6 Å². The van der Waals surface area contributed by atoms with Gasteiger partial charge in [-0.1, -0.05) is 0 Å². The number of nitrogens with zero attached hydrogens (tertiary/aromatic N) is 6. The van der Waals surface area contributed by atoms with Crippen LogP contribution in [-0.2, 0) is 6.54 Å². The number of pyridine rings is 2. The number of rotatable bonds is 4. The molecule has 2 aliphatic rings. The van der Waals surface area contributed by atoms with Gasteiger partial charge < -0.3 is 15.0 Å². The molecule has 1 saturated heterocycles. The Bertz CT molecular complexity index is 1050. The van der Waals surface area contributed by atoms with Gasteiger partial charge in [0.25, 0.3) is 0 Å². The fraction of sp³-hybridized carbons (Fsp3) is 0.300. The molecule has 0 saturated carbocycles. The van der Waals surface area contributed by atoms with E-state index in [0.29, 0.717) is 18.2 Å². The number of piperazine rings is 1. The largest absolute Gasteiger partial charge is 0.474 e. The third-order valence-electron chi connectivity index (χ3n) is 5.14. The Balaban J connectivity index is 1.26. The SMILES string of the molecule is N#Cc1ccc2c(n1)OCC1CN(Cc3ccnc(Nc4nccs4)c3)CCN21. The minimum Gasteiger partial charge on any atom is -0.474 e. The maximum Gasteiger partial charge on any atom is 0.238 e. The number of fused-ring (bicyclic) bond motifs is 3. The lowest BCUT2D eigenvalue weighted by Gasteiger charge is -2.45. The van der Waals surface area contributed by atoms with E-state index in [-0.39, 0.29) is 6.04 Å². The summed E-state index contributed by atoms with van der Waals surface area (Å²) in [6.45, 7) is 4.21. The number of hydrogen-bond acceptors (Lipinski definition) is 9. The monoisotopic (exact) mass is 405 g/mol. The molecule has 2 aliphatic heterocycles. The second-order valence-electron chi connectivity index (χ2n) is 7.04. The highest BCUT2D eigenvalue weighted by molar-refractivity contribution is 7.13. The van der Waals surface area contributed by atoms with Crippen molar-refractivity contribution in [3.8, 4) is 11.9 Å². The zero-order chi connectivity index (χ0) is 19.6. The molecule has 3 aromatic rings. The van der Waals surface area contributed by atoms with Gasteiger partial charge in [0.15, 0.2) is 5.13 Å². The Morgan fingerprint density at radius 1 is 1.24 bits per heavy atom. The van der Waals surface area contributed by atoms with Crippen LogP contribution in [-0.4, -0.2) is 52.1 Å². The predicted molar refractivity (Wildman–Crippen MR) is 110 cm³/mol. The third-order valence-corrected chi connectivity index (χ3v) is 5.83. The van der Waals surface area contributed by atoms with E-state index in [1.165, 1.54) is 5.56 Å². The molecule has 3 aromatic heterocycles. The molecule has 5 heterocycles. The Morgan fingerprint density at radius 3 is 3.07 bits per heavy atom. The molecule has 1 fully saturated rings. The second kappa shape index (κ2) is 7.66. The standard InChI is InChI=1S/C20H19N7OS/c21-10-15-1-2-17-19(24-15)28-13-16-12-26(6-7-27(16)17)11-14-3-4-22-18(9-14)25-20-23-5-8-29-20/h1-5,8-9,16H,6-7,11-13H2,(H,22,23,25). The van der Waals surface area contributed by atoms with Crippen LogP contribution in [0.2, 0.25) is 0 Å². The van der Waals surface area contributed by atoms with Crippen LogP contribution in [0.5, 0.6) is 5.88 Å². The molecule has 1 N–H and O–H groups in total. The average Bonchev–Trinajstić information content (AvgIpc) is 3.26. The summed E-state index contributed by atoms with van der Waals surface area (Å²) in [7, 11) is 0. The first-order valence-corrected chi connectivity index (χ1v) is 10.3. The van der Waals surface area contributed by atoms with Gasteiger partial charge in [0, 0.05) is 44.0 Å². The molecule has 1 unspecified atom stereocenters. The smallest absolute Gasteiger partial charge is 0.238 e. The van der Waals surface area contributed by atoms with E-state index < -0.39 is 0 Å². The van der Waals surface area contributed by atoms with E-state index >= 15 is 0 Å². The number of nitrogens with one attached hydrogen (secondary N) is 1. The summed E-state index contributed by atoms with van der Waals surface area (Å²) in [4.78, 5) is 17.7. The first-order chi connectivity index (χ1) is 14.3. The molecule has 0 aliphatic carbocycles. The molecule has 146 valence electrons. The third kappa shape index (κ3) is 3.72. The van der Waals surface area contributed by atoms with Gasteiger partial charge in [-0.3, -0.25) is 4.90 Å². The van der Waals surface area contributed by atoms with Crippen LogP contribution >= 0.6 is 11.3 Å². The number of nitriles is 1. The van der Waals surface area contributed by atoms with Crippen molar-refractivity contribution in [3.63, 3.8) is 0 Å². The zero-order valence-electron chi connectivity index (χ0n) is 15.7. The summed E-state index contributed by atoms with van der Waals surface area (Å²) < 4.78 is 5.86. The number of ether oxygens (including phenoxy) is 1. The molecule has 8 nitrogen and oxygen atoms in total. The van der Waals surface area contributed by atoms with Gasteiger partial charge in [0.2, 0.25) is 5.88 Å². The first kappa shape index (κ1) is 17.8. The quantitative estimate of drug-likeness (QED) is 0.708. The van der Waals surface area contributed by atoms with Crippen molar-refractivity contribution in [3.05, 3.63) is 53.3 Å². The molecular formula is C20H19N7OS. The Hall–Kier alpha value is -3.22. The van der Waals surface area contributed by atoms with Crippen LogP contribution < -0.4 is 15.0 Å². The summed E-state index contributed by atoms with van der Waals surface area (Å²) in [6, 6.07) is 10.2. The van der Waals surface area contributed by atoms with E-state index in [0.717, 1.165) is 42.8 Å². The van der Waals surface area contributed by atoms with Crippen molar-refractivity contribution in [2.75, 3.05) is 36.5 Å². The normalized spacial score (nSPS) is 18.3. The lowest BCUT2D eigenvalue weighted by atomic mass is 10.1. The van der Waals surface area contributed by atoms with Crippen LogP contribution in [0.15, 0.2) is 42.0 Å². The zero-order valence-corrected chi connectivity index (χ0v) is 16.5. The highest BCUT2D eigenvalue weighted by atomic mass is 32.1. The van der Waals surface area contributed by atoms with E-state index in [4.69, 9.17) is 10.00 Å². The van der Waals surface area contributed by atoms with Crippen molar-refractivity contribution in [2.24, 2.45) is 0 Å². The summed E-state index contributed by atoms with van der Waals surface area (Å²) in [5.74, 6) is 1.38. The molecule has 0 aromatic carbocycles. The molecule has 29 heavy (non-hydrogen) atoms. The summed E-state index contributed by atoms with van der Waals surface area (Å²) >= 11 is 1.55. The first-order valence-electron chi connectivity index (χ1n) is 9.43. The maximum absolute atomic E-state index is 9.04. The fourth-order valence-corrected chi connectivity index (χ4v) is 4.35. The van der Waals surface area contributed by atoms with Crippen molar-refractivity contribution >= 4 is 28.0 Å². The van der Waals surface area contributed by atoms with E-state index in [1.807, 2.05) is 17.6 Å². The number of hydrogen-bond donors (Lipinski definition) is 1. The van der Waals surface area contributed by atoms with Crippen LogP contribution in [0.25, 0.3) is 0 Å². The molecule has 0 amide bonds. The van der Waals surface area contributed by atoms with Gasteiger partial charge in [-0.05, 0) is 29.8 Å². The molecular weight excluding hydrogens is 386 g/mol.